The molecule has 0 heterocycles. The van der Waals surface area contributed by atoms with Crippen LogP contribution in [0.25, 0.3) is 0 Å². The monoisotopic (exact) mass is 166 g/mol. The number of rotatable bonds is 1. The zero-order chi connectivity index (χ0) is 9.14. The smallest absolute Gasteiger partial charge is 0.308 e. The first-order valence-corrected chi connectivity index (χ1v) is 3.72. The van der Waals surface area contributed by atoms with Gasteiger partial charge in [-0.25, -0.2) is 0 Å². The molecule has 3 heteroatoms. The molecule has 0 fully saturated rings. The number of esters is 1. The lowest BCUT2D eigenvalue weighted by Crippen LogP contribution is -2.11. The van der Waals surface area contributed by atoms with Crippen LogP contribution < -0.4 is 0 Å². The van der Waals surface area contributed by atoms with E-state index in [1.54, 1.807) is 13.0 Å². The maximum atomic E-state index is 11.0. The van der Waals surface area contributed by atoms with Crippen LogP contribution in [0.5, 0.6) is 0 Å². The van der Waals surface area contributed by atoms with Crippen LogP contribution in [-0.2, 0) is 14.3 Å². The fourth-order valence-corrected chi connectivity index (χ4v) is 0.934. The van der Waals surface area contributed by atoms with E-state index in [-0.39, 0.29) is 17.7 Å². The fourth-order valence-electron chi connectivity index (χ4n) is 0.934. The van der Waals surface area contributed by atoms with Gasteiger partial charge in [-0.3, -0.25) is 9.59 Å². The summed E-state index contributed by atoms with van der Waals surface area (Å²) in [5.74, 6) is -0.0719. The Morgan fingerprint density at radius 3 is 2.67 bits per heavy atom. The van der Waals surface area contributed by atoms with Crippen LogP contribution in [-0.4, -0.2) is 11.8 Å². The molecule has 1 unspecified atom stereocenters. The van der Waals surface area contributed by atoms with Crippen LogP contribution >= 0.6 is 0 Å². The van der Waals surface area contributed by atoms with Gasteiger partial charge in [0, 0.05) is 12.8 Å². The lowest BCUT2D eigenvalue weighted by atomic mass is 10.0. The molecule has 0 N–H and O–H groups in total. The highest BCUT2D eigenvalue weighted by Crippen LogP contribution is 2.13. The van der Waals surface area contributed by atoms with Gasteiger partial charge >= 0.3 is 5.97 Å². The van der Waals surface area contributed by atoms with Gasteiger partial charge in [0.1, 0.15) is 5.76 Å². The quantitative estimate of drug-likeness (QED) is 0.550. The Bertz CT molecular complexity index is 273. The van der Waals surface area contributed by atoms with Gasteiger partial charge in [0.2, 0.25) is 0 Å². The van der Waals surface area contributed by atoms with Crippen molar-refractivity contribution < 1.29 is 14.3 Å². The van der Waals surface area contributed by atoms with Crippen molar-refractivity contribution >= 4 is 11.8 Å². The highest BCUT2D eigenvalue weighted by Gasteiger charge is 2.13. The summed E-state index contributed by atoms with van der Waals surface area (Å²) in [4.78, 5) is 21.5. The summed E-state index contributed by atoms with van der Waals surface area (Å²) in [6.07, 6.45) is 4.55. The zero-order valence-corrected chi connectivity index (χ0v) is 7.03. The normalized spacial score (nSPS) is 22.0. The van der Waals surface area contributed by atoms with Gasteiger partial charge in [-0.05, 0) is 18.2 Å². The summed E-state index contributed by atoms with van der Waals surface area (Å²) in [6, 6.07) is 0. The molecule has 0 saturated heterocycles. The van der Waals surface area contributed by atoms with Gasteiger partial charge in [-0.1, -0.05) is 6.92 Å². The molecule has 0 amide bonds. The van der Waals surface area contributed by atoms with Crippen molar-refractivity contribution in [3.8, 4) is 0 Å². The standard InChI is InChI=1S/C9H10O3/c1-6-5-8(12-7(2)10)3-4-9(6)11/h3-6H,1-2H3. The van der Waals surface area contributed by atoms with E-state index in [2.05, 4.69) is 0 Å². The van der Waals surface area contributed by atoms with E-state index in [1.807, 2.05) is 0 Å². The van der Waals surface area contributed by atoms with E-state index in [0.717, 1.165) is 0 Å². The lowest BCUT2D eigenvalue weighted by molar-refractivity contribution is -0.136. The topological polar surface area (TPSA) is 43.4 Å². The Morgan fingerprint density at radius 2 is 2.17 bits per heavy atom. The molecule has 1 atom stereocenters. The second kappa shape index (κ2) is 3.34. The fraction of sp³-hybridized carbons (Fsp3) is 0.333. The van der Waals surface area contributed by atoms with Gasteiger partial charge in [0.15, 0.2) is 5.78 Å². The van der Waals surface area contributed by atoms with Gasteiger partial charge in [0.05, 0.1) is 0 Å². The van der Waals surface area contributed by atoms with Crippen LogP contribution in [0.15, 0.2) is 24.0 Å². The second-order valence-electron chi connectivity index (χ2n) is 2.69. The highest BCUT2D eigenvalue weighted by atomic mass is 16.5. The summed E-state index contributed by atoms with van der Waals surface area (Å²) < 4.78 is 4.79. The second-order valence-corrected chi connectivity index (χ2v) is 2.69. The molecule has 1 aliphatic rings. The molecule has 0 spiro atoms. The third-order valence-electron chi connectivity index (χ3n) is 1.54. The number of allylic oxidation sites excluding steroid dienone is 3. The maximum absolute atomic E-state index is 11.0. The Balaban J connectivity index is 2.69. The minimum absolute atomic E-state index is 0.0332. The summed E-state index contributed by atoms with van der Waals surface area (Å²) >= 11 is 0. The van der Waals surface area contributed by atoms with Crippen molar-refractivity contribution in [2.75, 3.05) is 0 Å². The zero-order valence-electron chi connectivity index (χ0n) is 7.03. The molecule has 0 aliphatic heterocycles. The lowest BCUT2D eigenvalue weighted by Gasteiger charge is -2.09. The first kappa shape index (κ1) is 8.71. The minimum atomic E-state index is -0.368. The highest BCUT2D eigenvalue weighted by molar-refractivity contribution is 5.94. The molecule has 0 aromatic heterocycles. The van der Waals surface area contributed by atoms with Crippen LogP contribution in [0.3, 0.4) is 0 Å². The van der Waals surface area contributed by atoms with Crippen molar-refractivity contribution in [1.29, 1.82) is 0 Å². The summed E-state index contributed by atoms with van der Waals surface area (Å²) in [5, 5.41) is 0. The third kappa shape index (κ3) is 2.05. The first-order chi connectivity index (χ1) is 5.59. The first-order valence-electron chi connectivity index (χ1n) is 3.72. The Labute approximate surface area is 70.7 Å². The Hall–Kier alpha value is -1.38. The van der Waals surface area contributed by atoms with Crippen LogP contribution in [0.1, 0.15) is 13.8 Å². The molecule has 1 aliphatic carbocycles. The van der Waals surface area contributed by atoms with E-state index in [1.165, 1.54) is 19.1 Å². The minimum Gasteiger partial charge on any atom is -0.427 e. The molecule has 0 saturated carbocycles. The van der Waals surface area contributed by atoms with E-state index >= 15 is 0 Å². The van der Waals surface area contributed by atoms with E-state index < -0.39 is 0 Å². The SMILES string of the molecule is CC(=O)OC1=CC(C)C(=O)C=C1. The van der Waals surface area contributed by atoms with Crippen molar-refractivity contribution in [2.24, 2.45) is 5.92 Å². The van der Waals surface area contributed by atoms with E-state index in [4.69, 9.17) is 4.74 Å². The molecule has 0 radical (unpaired) electrons. The Morgan fingerprint density at radius 1 is 1.50 bits per heavy atom. The number of carbonyl (C=O) groups is 2. The summed E-state index contributed by atoms with van der Waals surface area (Å²) in [7, 11) is 0. The number of ether oxygens (including phenoxy) is 1. The predicted molar refractivity (Wildman–Crippen MR) is 43.2 cm³/mol. The van der Waals surface area contributed by atoms with Crippen molar-refractivity contribution in [2.45, 2.75) is 13.8 Å². The molecule has 0 aromatic rings. The van der Waals surface area contributed by atoms with Gasteiger partial charge < -0.3 is 4.74 Å². The summed E-state index contributed by atoms with van der Waals surface area (Å²) in [5.41, 5.74) is 0. The average molecular weight is 166 g/mol. The molecular weight excluding hydrogens is 156 g/mol. The molecule has 64 valence electrons. The van der Waals surface area contributed by atoms with Gasteiger partial charge in [0.25, 0.3) is 0 Å². The predicted octanol–water partition coefficient (Wildman–Crippen LogP) is 1.21. The van der Waals surface area contributed by atoms with E-state index in [9.17, 15) is 9.59 Å². The number of hydrogen-bond donors (Lipinski definition) is 0. The Kier molecular flexibility index (Phi) is 2.43. The maximum Gasteiger partial charge on any atom is 0.308 e. The number of carbonyl (C=O) groups excluding carboxylic acids is 2. The van der Waals surface area contributed by atoms with Crippen LogP contribution in [0.4, 0.5) is 0 Å². The summed E-state index contributed by atoms with van der Waals surface area (Å²) in [6.45, 7) is 3.09. The molecule has 0 bridgehead atoms. The number of hydrogen-bond acceptors (Lipinski definition) is 3. The van der Waals surface area contributed by atoms with Crippen molar-refractivity contribution in [3.05, 3.63) is 24.0 Å². The van der Waals surface area contributed by atoms with Gasteiger partial charge in [-0.15, -0.1) is 0 Å². The molecule has 3 nitrogen and oxygen atoms in total. The van der Waals surface area contributed by atoms with E-state index in [0.29, 0.717) is 5.76 Å². The molecule has 1 rings (SSSR count). The average Bonchev–Trinajstić information content (AvgIpc) is 1.96. The largest absolute Gasteiger partial charge is 0.427 e. The third-order valence-corrected chi connectivity index (χ3v) is 1.54. The van der Waals surface area contributed by atoms with Crippen molar-refractivity contribution in [3.63, 3.8) is 0 Å². The molecular formula is C9H10O3. The molecule has 12 heavy (non-hydrogen) atoms. The van der Waals surface area contributed by atoms with Crippen molar-refractivity contribution in [1.82, 2.24) is 0 Å². The van der Waals surface area contributed by atoms with Crippen LogP contribution in [0, 0.1) is 5.92 Å². The van der Waals surface area contributed by atoms with Crippen LogP contribution in [0.2, 0.25) is 0 Å². The van der Waals surface area contributed by atoms with Gasteiger partial charge in [-0.2, -0.15) is 0 Å². The molecule has 0 aromatic carbocycles. The number of ketones is 1.